The van der Waals surface area contributed by atoms with Gasteiger partial charge in [0.25, 0.3) is 0 Å². The van der Waals surface area contributed by atoms with Crippen molar-refractivity contribution in [1.82, 2.24) is 0 Å². The van der Waals surface area contributed by atoms with Gasteiger partial charge in [-0.15, -0.1) is 47.0 Å². The van der Waals surface area contributed by atoms with E-state index in [1.807, 2.05) is 47.0 Å². The molecule has 0 aromatic heterocycles. The summed E-state index contributed by atoms with van der Waals surface area (Å²) in [5, 5.41) is 7.63. The fourth-order valence-electron chi connectivity index (χ4n) is 11.0. The van der Waals surface area contributed by atoms with Gasteiger partial charge in [-0.25, -0.2) is 0 Å². The molecule has 4 heteroatoms. The van der Waals surface area contributed by atoms with E-state index >= 15 is 0 Å². The Balaban J connectivity index is 0.737. The molecule has 0 amide bonds. The first kappa shape index (κ1) is 45.4. The van der Waals surface area contributed by atoms with E-state index in [0.717, 1.165) is 0 Å². The van der Waals surface area contributed by atoms with Crippen LogP contribution in [0.1, 0.15) is 0 Å². The van der Waals surface area contributed by atoms with Crippen LogP contribution in [0, 0.1) is 0 Å². The van der Waals surface area contributed by atoms with Gasteiger partial charge in [-0.2, -0.15) is 0 Å². The summed E-state index contributed by atoms with van der Waals surface area (Å²) in [6, 6.07) is 91.1. The molecule has 12 aromatic carbocycles. The standard InChI is InChI=1S/C70H48S4/c1-2-16-62-61(15-1)65-41-57(55-13-5-11-53(39-55)51-9-3-7-49(37-51)45-17-21-47(22-18-45)59-27-31-67-69(43-59)73-35-33-71-67)25-29-63(65)64-30-26-58(42-66(62)64)56-14-6-12-54(40-56)52-10-4-8-50(38-52)46-19-23-48(24-20-46)60-28-32-68-70(44-60)74-36-34-72-68/h1-32,37-44H,33-36H2. The lowest BCUT2D eigenvalue weighted by Gasteiger charge is -2.16. The van der Waals surface area contributed by atoms with Crippen LogP contribution in [0.2, 0.25) is 0 Å². The molecule has 0 radical (unpaired) electrons. The van der Waals surface area contributed by atoms with Crippen molar-refractivity contribution >= 4 is 79.4 Å². The van der Waals surface area contributed by atoms with Crippen molar-refractivity contribution in [1.29, 1.82) is 0 Å². The van der Waals surface area contributed by atoms with E-state index in [2.05, 4.69) is 243 Å². The first-order chi connectivity index (χ1) is 36.6. The first-order valence-electron chi connectivity index (χ1n) is 25.4. The Bertz CT molecular complexity index is 3850. The maximum Gasteiger partial charge on any atom is 0.0214 e. The number of hydrogen-bond donors (Lipinski definition) is 0. The van der Waals surface area contributed by atoms with E-state index < -0.39 is 0 Å². The van der Waals surface area contributed by atoms with Crippen LogP contribution in [0.5, 0.6) is 0 Å². The summed E-state index contributed by atoms with van der Waals surface area (Å²) < 4.78 is 0. The third-order valence-electron chi connectivity index (χ3n) is 14.8. The second-order valence-corrected chi connectivity index (χ2v) is 23.8. The van der Waals surface area contributed by atoms with Gasteiger partial charge in [-0.3, -0.25) is 0 Å². The lowest BCUT2D eigenvalue weighted by Crippen LogP contribution is -1.93. The summed E-state index contributed by atoms with van der Waals surface area (Å²) in [7, 11) is 0. The molecule has 0 saturated heterocycles. The van der Waals surface area contributed by atoms with Crippen LogP contribution < -0.4 is 0 Å². The predicted molar refractivity (Wildman–Crippen MR) is 325 cm³/mol. The lowest BCUT2D eigenvalue weighted by molar-refractivity contribution is 1.22. The number of thioether (sulfide) groups is 4. The second kappa shape index (κ2) is 19.6. The van der Waals surface area contributed by atoms with Crippen LogP contribution in [-0.4, -0.2) is 23.0 Å². The molecular weight excluding hydrogens is 969 g/mol. The van der Waals surface area contributed by atoms with Crippen LogP contribution in [0.4, 0.5) is 0 Å². The molecular formula is C70H48S4. The topological polar surface area (TPSA) is 0 Å². The molecule has 74 heavy (non-hydrogen) atoms. The molecule has 0 spiro atoms. The van der Waals surface area contributed by atoms with Gasteiger partial charge in [-0.05, 0) is 182 Å². The largest absolute Gasteiger partial charge is 0.124 e. The zero-order valence-electron chi connectivity index (χ0n) is 40.6. The monoisotopic (exact) mass is 1020 g/mol. The van der Waals surface area contributed by atoms with Crippen LogP contribution in [-0.2, 0) is 0 Å². The molecule has 2 aliphatic heterocycles. The SMILES string of the molecule is c1cc(-c2ccc(-c3ccc4c(c3)SCCS4)cc2)cc(-c2cccc(-c3ccc4c5ccc(-c6cccc(-c7cccc(-c8ccc(-c9ccc%10c(c9)SCCS%10)cc8)c7)c6)cc5c5ccccc5c4c3)c2)c1. The summed E-state index contributed by atoms with van der Waals surface area (Å²) in [5.74, 6) is 4.75. The highest BCUT2D eigenvalue weighted by Crippen LogP contribution is 2.43. The van der Waals surface area contributed by atoms with E-state index in [1.54, 1.807) is 0 Å². The van der Waals surface area contributed by atoms with Crippen LogP contribution >= 0.6 is 47.0 Å². The molecule has 0 unspecified atom stereocenters. The molecule has 0 atom stereocenters. The zero-order chi connectivity index (χ0) is 49.0. The zero-order valence-corrected chi connectivity index (χ0v) is 43.8. The Morgan fingerprint density at radius 3 is 0.743 bits per heavy atom. The molecule has 0 nitrogen and oxygen atoms in total. The fourth-order valence-corrected chi connectivity index (χ4v) is 15.5. The smallest absolute Gasteiger partial charge is 0.0214 e. The van der Waals surface area contributed by atoms with Crippen LogP contribution in [0.15, 0.2) is 262 Å². The van der Waals surface area contributed by atoms with Crippen molar-refractivity contribution in [3.05, 3.63) is 243 Å². The van der Waals surface area contributed by atoms with Crippen LogP contribution in [0.3, 0.4) is 0 Å². The molecule has 0 N–H and O–H groups in total. The van der Waals surface area contributed by atoms with E-state index in [-0.39, 0.29) is 0 Å². The van der Waals surface area contributed by atoms with Gasteiger partial charge in [0, 0.05) is 42.6 Å². The van der Waals surface area contributed by atoms with Gasteiger partial charge in [-0.1, -0.05) is 182 Å². The predicted octanol–water partition coefficient (Wildman–Crippen LogP) is 20.9. The molecule has 0 bridgehead atoms. The average molecular weight is 1020 g/mol. The highest BCUT2D eigenvalue weighted by Gasteiger charge is 2.16. The van der Waals surface area contributed by atoms with Gasteiger partial charge < -0.3 is 0 Å². The minimum Gasteiger partial charge on any atom is -0.124 e. The summed E-state index contributed by atoms with van der Waals surface area (Å²) in [6.45, 7) is 0. The molecule has 14 rings (SSSR count). The van der Waals surface area contributed by atoms with Crippen molar-refractivity contribution in [3.8, 4) is 89.0 Å². The number of hydrogen-bond acceptors (Lipinski definition) is 4. The summed E-state index contributed by atoms with van der Waals surface area (Å²) >= 11 is 7.89. The molecule has 0 saturated carbocycles. The van der Waals surface area contributed by atoms with Crippen molar-refractivity contribution in [3.63, 3.8) is 0 Å². The lowest BCUT2D eigenvalue weighted by atomic mass is 9.89. The van der Waals surface area contributed by atoms with Gasteiger partial charge in [0.1, 0.15) is 0 Å². The maximum atomic E-state index is 2.40. The molecule has 2 aliphatic rings. The van der Waals surface area contributed by atoms with Gasteiger partial charge in [0.2, 0.25) is 0 Å². The Labute approximate surface area is 450 Å². The number of fused-ring (bicyclic) bond motifs is 8. The average Bonchev–Trinajstić information content (AvgIpc) is 3.49. The summed E-state index contributed by atoms with van der Waals surface area (Å²) in [4.78, 5) is 5.64. The molecule has 12 aromatic rings. The molecule has 352 valence electrons. The molecule has 2 heterocycles. The highest BCUT2D eigenvalue weighted by atomic mass is 32.2. The quantitative estimate of drug-likeness (QED) is 0.139. The van der Waals surface area contributed by atoms with Crippen molar-refractivity contribution in [2.45, 2.75) is 19.6 Å². The van der Waals surface area contributed by atoms with Crippen LogP contribution in [0.25, 0.3) is 121 Å². The maximum absolute atomic E-state index is 2.40. The highest BCUT2D eigenvalue weighted by molar-refractivity contribution is 8.06. The minimum atomic E-state index is 1.18. The Morgan fingerprint density at radius 2 is 0.405 bits per heavy atom. The van der Waals surface area contributed by atoms with E-state index in [4.69, 9.17) is 0 Å². The van der Waals surface area contributed by atoms with Gasteiger partial charge in [0.05, 0.1) is 0 Å². The second-order valence-electron chi connectivity index (χ2n) is 19.3. The fraction of sp³-hybridized carbons (Fsp3) is 0.0571. The minimum absolute atomic E-state index is 1.18. The third kappa shape index (κ3) is 8.74. The number of rotatable bonds is 8. The summed E-state index contributed by atoms with van der Waals surface area (Å²) in [5.41, 5.74) is 19.7. The van der Waals surface area contributed by atoms with Crippen molar-refractivity contribution in [2.24, 2.45) is 0 Å². The molecule has 0 aliphatic carbocycles. The normalized spacial score (nSPS) is 13.2. The van der Waals surface area contributed by atoms with Crippen molar-refractivity contribution < 1.29 is 0 Å². The Morgan fingerprint density at radius 1 is 0.162 bits per heavy atom. The van der Waals surface area contributed by atoms with Gasteiger partial charge >= 0.3 is 0 Å². The van der Waals surface area contributed by atoms with Crippen molar-refractivity contribution in [2.75, 3.05) is 23.0 Å². The Kier molecular flexibility index (Phi) is 12.0. The van der Waals surface area contributed by atoms with Gasteiger partial charge in [0.15, 0.2) is 0 Å². The first-order valence-corrected chi connectivity index (χ1v) is 29.4. The third-order valence-corrected chi connectivity index (χ3v) is 19.8. The Hall–Kier alpha value is -7.18. The number of benzene rings is 12. The van der Waals surface area contributed by atoms with E-state index in [1.165, 1.54) is 164 Å². The summed E-state index contributed by atoms with van der Waals surface area (Å²) in [6.07, 6.45) is 0. The van der Waals surface area contributed by atoms with E-state index in [0.29, 0.717) is 0 Å². The van der Waals surface area contributed by atoms with E-state index in [9.17, 15) is 0 Å². The molecule has 0 fully saturated rings.